The van der Waals surface area contributed by atoms with E-state index in [0.717, 1.165) is 11.4 Å². The molecule has 2 aromatic heterocycles. The molecule has 0 aliphatic carbocycles. The van der Waals surface area contributed by atoms with Crippen LogP contribution in [0.25, 0.3) is 11.2 Å². The van der Waals surface area contributed by atoms with Gasteiger partial charge in [0.05, 0.1) is 18.4 Å². The Morgan fingerprint density at radius 2 is 1.70 bits per heavy atom. The lowest BCUT2D eigenvalue weighted by atomic mass is 10.3. The van der Waals surface area contributed by atoms with E-state index in [-0.39, 0.29) is 11.8 Å². The SMILES string of the molecule is CC.CN(Cc1cnc2nc(N)nc(N)c2n1)c1ccccc1. The Bertz CT molecular complexity index is 774. The van der Waals surface area contributed by atoms with Crippen LogP contribution >= 0.6 is 0 Å². The van der Waals surface area contributed by atoms with E-state index in [0.29, 0.717) is 17.7 Å². The maximum atomic E-state index is 5.82. The highest BCUT2D eigenvalue weighted by molar-refractivity contribution is 5.81. The predicted octanol–water partition coefficient (Wildman–Crippen LogP) is 2.25. The zero-order valence-corrected chi connectivity index (χ0v) is 13.6. The van der Waals surface area contributed by atoms with Crippen LogP contribution in [-0.2, 0) is 6.54 Å². The lowest BCUT2D eigenvalue weighted by molar-refractivity contribution is 0.882. The van der Waals surface area contributed by atoms with E-state index < -0.39 is 0 Å². The summed E-state index contributed by atoms with van der Waals surface area (Å²) < 4.78 is 0. The van der Waals surface area contributed by atoms with Gasteiger partial charge in [-0.25, -0.2) is 9.97 Å². The molecule has 0 aliphatic rings. The second kappa shape index (κ2) is 7.35. The molecule has 120 valence electrons. The average Bonchev–Trinajstić information content (AvgIpc) is 2.58. The number of fused-ring (bicyclic) bond motifs is 1. The Kier molecular flexibility index (Phi) is 5.24. The average molecular weight is 311 g/mol. The summed E-state index contributed by atoms with van der Waals surface area (Å²) in [5, 5.41) is 0. The van der Waals surface area contributed by atoms with Gasteiger partial charge in [-0.05, 0) is 12.1 Å². The summed E-state index contributed by atoms with van der Waals surface area (Å²) in [6.45, 7) is 4.61. The molecule has 2 heterocycles. The van der Waals surface area contributed by atoms with Crippen LogP contribution in [0.1, 0.15) is 19.5 Å². The van der Waals surface area contributed by atoms with Crippen molar-refractivity contribution in [1.82, 2.24) is 19.9 Å². The first-order chi connectivity index (χ1) is 11.1. The molecule has 0 saturated carbocycles. The summed E-state index contributed by atoms with van der Waals surface area (Å²) in [6.07, 6.45) is 1.67. The summed E-state index contributed by atoms with van der Waals surface area (Å²) in [5.41, 5.74) is 14.1. The van der Waals surface area contributed by atoms with Crippen molar-refractivity contribution in [3.05, 3.63) is 42.2 Å². The summed E-state index contributed by atoms with van der Waals surface area (Å²) in [7, 11) is 1.99. The van der Waals surface area contributed by atoms with E-state index >= 15 is 0 Å². The summed E-state index contributed by atoms with van der Waals surface area (Å²) >= 11 is 0. The molecule has 1 aromatic carbocycles. The molecule has 0 fully saturated rings. The lowest BCUT2D eigenvalue weighted by Gasteiger charge is -2.18. The number of aromatic nitrogens is 4. The van der Waals surface area contributed by atoms with Gasteiger partial charge < -0.3 is 16.4 Å². The summed E-state index contributed by atoms with van der Waals surface area (Å²) in [5.74, 6) is 0.345. The van der Waals surface area contributed by atoms with Crippen molar-refractivity contribution in [3.63, 3.8) is 0 Å². The van der Waals surface area contributed by atoms with Crippen LogP contribution in [0.2, 0.25) is 0 Å². The highest BCUT2D eigenvalue weighted by Gasteiger charge is 2.09. The third-order valence-electron chi connectivity index (χ3n) is 3.10. The Morgan fingerprint density at radius 3 is 2.39 bits per heavy atom. The number of para-hydroxylation sites is 1. The van der Waals surface area contributed by atoms with Gasteiger partial charge in [-0.2, -0.15) is 9.97 Å². The normalized spacial score (nSPS) is 10.0. The van der Waals surface area contributed by atoms with E-state index in [1.165, 1.54) is 0 Å². The van der Waals surface area contributed by atoms with Gasteiger partial charge in [-0.15, -0.1) is 0 Å². The molecule has 3 rings (SSSR count). The Balaban J connectivity index is 0.000000924. The van der Waals surface area contributed by atoms with Crippen molar-refractivity contribution >= 4 is 28.6 Å². The summed E-state index contributed by atoms with van der Waals surface area (Å²) in [6, 6.07) is 10.0. The number of rotatable bonds is 3. The molecule has 0 atom stereocenters. The fraction of sp³-hybridized carbons (Fsp3) is 0.250. The quantitative estimate of drug-likeness (QED) is 0.763. The van der Waals surface area contributed by atoms with E-state index in [1.807, 2.05) is 51.2 Å². The smallest absolute Gasteiger partial charge is 0.224 e. The Morgan fingerprint density at radius 1 is 1.00 bits per heavy atom. The molecule has 7 nitrogen and oxygen atoms in total. The van der Waals surface area contributed by atoms with Gasteiger partial charge >= 0.3 is 0 Å². The number of hydrogen-bond donors (Lipinski definition) is 2. The van der Waals surface area contributed by atoms with Gasteiger partial charge in [-0.3, -0.25) is 0 Å². The second-order valence-corrected chi connectivity index (χ2v) is 4.69. The Hall–Kier alpha value is -2.96. The van der Waals surface area contributed by atoms with Crippen molar-refractivity contribution < 1.29 is 0 Å². The van der Waals surface area contributed by atoms with Crippen LogP contribution in [0.4, 0.5) is 17.5 Å². The van der Waals surface area contributed by atoms with Crippen LogP contribution in [0.5, 0.6) is 0 Å². The molecule has 7 heteroatoms. The molecule has 0 radical (unpaired) electrons. The van der Waals surface area contributed by atoms with Crippen LogP contribution in [0.3, 0.4) is 0 Å². The first-order valence-electron chi connectivity index (χ1n) is 7.44. The zero-order valence-electron chi connectivity index (χ0n) is 13.6. The number of hydrogen-bond acceptors (Lipinski definition) is 7. The fourth-order valence-corrected chi connectivity index (χ4v) is 2.08. The zero-order chi connectivity index (χ0) is 16.8. The Labute approximate surface area is 135 Å². The topological polar surface area (TPSA) is 107 Å². The van der Waals surface area contributed by atoms with Gasteiger partial charge in [0.2, 0.25) is 5.95 Å². The molecule has 0 amide bonds. The predicted molar refractivity (Wildman–Crippen MR) is 93.8 cm³/mol. The van der Waals surface area contributed by atoms with Crippen LogP contribution in [0, 0.1) is 0 Å². The van der Waals surface area contributed by atoms with Crippen molar-refractivity contribution in [1.29, 1.82) is 0 Å². The molecule has 0 bridgehead atoms. The lowest BCUT2D eigenvalue weighted by Crippen LogP contribution is -2.17. The van der Waals surface area contributed by atoms with Crippen molar-refractivity contribution in [3.8, 4) is 0 Å². The standard InChI is InChI=1S/C14H15N7.C2H6/c1-21(10-5-3-2-4-6-10)8-9-7-17-13-11(18-9)12(15)19-14(16)20-13;1-2/h2-7H,8H2,1H3,(H4,15,16,17,19,20);1-2H3. The van der Waals surface area contributed by atoms with E-state index in [4.69, 9.17) is 11.5 Å². The molecule has 0 unspecified atom stereocenters. The largest absolute Gasteiger partial charge is 0.382 e. The minimum Gasteiger partial charge on any atom is -0.382 e. The van der Waals surface area contributed by atoms with E-state index in [1.54, 1.807) is 6.20 Å². The first-order valence-corrected chi connectivity index (χ1v) is 7.44. The molecular formula is C16H21N7. The highest BCUT2D eigenvalue weighted by atomic mass is 15.1. The highest BCUT2D eigenvalue weighted by Crippen LogP contribution is 2.17. The van der Waals surface area contributed by atoms with Gasteiger partial charge in [0.25, 0.3) is 0 Å². The van der Waals surface area contributed by atoms with E-state index in [9.17, 15) is 0 Å². The van der Waals surface area contributed by atoms with Crippen LogP contribution < -0.4 is 16.4 Å². The van der Waals surface area contributed by atoms with E-state index in [2.05, 4.69) is 24.8 Å². The van der Waals surface area contributed by atoms with Crippen molar-refractivity contribution in [2.75, 3.05) is 23.4 Å². The third-order valence-corrected chi connectivity index (χ3v) is 3.10. The number of nitrogens with two attached hydrogens (primary N) is 2. The summed E-state index contributed by atoms with van der Waals surface area (Å²) in [4.78, 5) is 18.7. The molecule has 0 aliphatic heterocycles. The molecular weight excluding hydrogens is 290 g/mol. The second-order valence-electron chi connectivity index (χ2n) is 4.69. The van der Waals surface area contributed by atoms with Gasteiger partial charge in [0.15, 0.2) is 17.0 Å². The van der Waals surface area contributed by atoms with Crippen molar-refractivity contribution in [2.45, 2.75) is 20.4 Å². The minimum absolute atomic E-state index is 0.100. The van der Waals surface area contributed by atoms with Gasteiger partial charge in [-0.1, -0.05) is 32.0 Å². The number of anilines is 3. The monoisotopic (exact) mass is 311 g/mol. The third kappa shape index (κ3) is 3.82. The molecule has 0 spiro atoms. The molecule has 0 saturated heterocycles. The van der Waals surface area contributed by atoms with Gasteiger partial charge in [0.1, 0.15) is 0 Å². The minimum atomic E-state index is 0.100. The maximum absolute atomic E-state index is 5.82. The molecule has 4 N–H and O–H groups in total. The molecule has 3 aromatic rings. The first kappa shape index (κ1) is 16.4. The number of benzene rings is 1. The molecule has 23 heavy (non-hydrogen) atoms. The number of nitrogens with zero attached hydrogens (tertiary/aromatic N) is 5. The fourth-order valence-electron chi connectivity index (χ4n) is 2.08. The van der Waals surface area contributed by atoms with Crippen LogP contribution in [0.15, 0.2) is 36.5 Å². The van der Waals surface area contributed by atoms with Gasteiger partial charge in [0, 0.05) is 12.7 Å². The van der Waals surface area contributed by atoms with Crippen molar-refractivity contribution in [2.24, 2.45) is 0 Å². The van der Waals surface area contributed by atoms with Crippen LogP contribution in [-0.4, -0.2) is 27.0 Å². The maximum Gasteiger partial charge on any atom is 0.224 e. The number of nitrogen functional groups attached to an aromatic ring is 2.